The molecule has 182 valence electrons. The summed E-state index contributed by atoms with van der Waals surface area (Å²) in [5.74, 6) is -1.65. The van der Waals surface area contributed by atoms with Gasteiger partial charge in [-0.2, -0.15) is 0 Å². The molecule has 1 aromatic rings. The van der Waals surface area contributed by atoms with E-state index in [-0.39, 0.29) is 22.4 Å². The molecule has 33 heavy (non-hydrogen) atoms. The number of amides is 1. The molecule has 0 fully saturated rings. The van der Waals surface area contributed by atoms with Gasteiger partial charge in [0.25, 0.3) is 5.91 Å². The molecule has 0 heterocycles. The van der Waals surface area contributed by atoms with Crippen LogP contribution in [0.2, 0.25) is 0 Å². The molecule has 0 saturated carbocycles. The van der Waals surface area contributed by atoms with Crippen LogP contribution in [-0.4, -0.2) is 12.5 Å². The Kier molecular flexibility index (Phi) is 10.5. The fourth-order valence-electron chi connectivity index (χ4n) is 4.55. The van der Waals surface area contributed by atoms with E-state index in [4.69, 9.17) is 0 Å². The zero-order valence-electron chi connectivity index (χ0n) is 21.1. The molecule has 0 saturated heterocycles. The van der Waals surface area contributed by atoms with Gasteiger partial charge < -0.3 is 5.32 Å². The van der Waals surface area contributed by atoms with Crippen molar-refractivity contribution in [2.45, 2.75) is 92.4 Å². The summed E-state index contributed by atoms with van der Waals surface area (Å²) < 4.78 is 29.7. The summed E-state index contributed by atoms with van der Waals surface area (Å²) in [6, 6.07) is 3.97. The third-order valence-corrected chi connectivity index (χ3v) is 6.67. The van der Waals surface area contributed by atoms with E-state index in [9.17, 15) is 9.18 Å². The topological polar surface area (TPSA) is 29.1 Å². The van der Waals surface area contributed by atoms with Crippen molar-refractivity contribution in [2.24, 2.45) is 5.41 Å². The SMILES string of the molecule is CCCCCCCCNC(=O)c1ccc(/C(F)=C(C)/C=C/C2=C(C)CCCC2(C)C)c(F)c1. The number of nitrogens with one attached hydrogen (secondary N) is 1. The summed E-state index contributed by atoms with van der Waals surface area (Å²) in [7, 11) is 0. The first-order valence-corrected chi connectivity index (χ1v) is 12.5. The fourth-order valence-corrected chi connectivity index (χ4v) is 4.55. The van der Waals surface area contributed by atoms with Crippen LogP contribution in [0.4, 0.5) is 8.78 Å². The maximum Gasteiger partial charge on any atom is 0.251 e. The van der Waals surface area contributed by atoms with E-state index in [1.807, 2.05) is 6.08 Å². The maximum atomic E-state index is 15.0. The zero-order chi connectivity index (χ0) is 24.4. The molecule has 1 aliphatic carbocycles. The van der Waals surface area contributed by atoms with E-state index in [2.05, 4.69) is 33.0 Å². The van der Waals surface area contributed by atoms with Crippen molar-refractivity contribution in [3.63, 3.8) is 0 Å². The lowest BCUT2D eigenvalue weighted by atomic mass is 9.72. The lowest BCUT2D eigenvalue weighted by molar-refractivity contribution is 0.0952. The van der Waals surface area contributed by atoms with Crippen LogP contribution in [0.25, 0.3) is 5.83 Å². The second kappa shape index (κ2) is 12.9. The molecule has 0 radical (unpaired) electrons. The standard InChI is InChI=1S/C29H41F2NO/c1-6-7-8-9-10-11-19-32-28(33)23-15-16-24(26(30)20-23)27(31)22(3)14-17-25-21(2)13-12-18-29(25,4)5/h14-17,20H,6-13,18-19H2,1-5H3,(H,32,33)/b17-14+,27-22-. The minimum Gasteiger partial charge on any atom is -0.352 e. The van der Waals surface area contributed by atoms with E-state index < -0.39 is 11.6 Å². The number of carbonyl (C=O) groups excluding carboxylic acids is 1. The van der Waals surface area contributed by atoms with Gasteiger partial charge in [-0.25, -0.2) is 8.78 Å². The predicted octanol–water partition coefficient (Wildman–Crippen LogP) is 8.70. The Morgan fingerprint density at radius 1 is 1.15 bits per heavy atom. The molecule has 0 aliphatic heterocycles. The molecule has 0 aromatic heterocycles. The first-order valence-electron chi connectivity index (χ1n) is 12.5. The Bertz CT molecular complexity index is 908. The van der Waals surface area contributed by atoms with Gasteiger partial charge in [-0.15, -0.1) is 0 Å². The Morgan fingerprint density at radius 2 is 1.85 bits per heavy atom. The summed E-state index contributed by atoms with van der Waals surface area (Å²) in [6.07, 6.45) is 13.9. The van der Waals surface area contributed by atoms with Crippen LogP contribution < -0.4 is 5.32 Å². The number of halogens is 2. The Morgan fingerprint density at radius 3 is 2.52 bits per heavy atom. The number of allylic oxidation sites excluding steroid dienone is 5. The third-order valence-electron chi connectivity index (χ3n) is 6.67. The molecule has 0 spiro atoms. The second-order valence-corrected chi connectivity index (χ2v) is 9.98. The highest BCUT2D eigenvalue weighted by molar-refractivity contribution is 5.94. The lowest BCUT2D eigenvalue weighted by Crippen LogP contribution is -2.24. The average molecular weight is 458 g/mol. The van der Waals surface area contributed by atoms with Crippen LogP contribution in [0.5, 0.6) is 0 Å². The molecule has 2 rings (SSSR count). The van der Waals surface area contributed by atoms with Gasteiger partial charge >= 0.3 is 0 Å². The van der Waals surface area contributed by atoms with Crippen LogP contribution in [0.1, 0.15) is 108 Å². The zero-order valence-corrected chi connectivity index (χ0v) is 21.1. The number of unbranched alkanes of at least 4 members (excludes halogenated alkanes) is 5. The average Bonchev–Trinajstić information content (AvgIpc) is 2.76. The van der Waals surface area contributed by atoms with Crippen molar-refractivity contribution < 1.29 is 13.6 Å². The molecule has 0 atom stereocenters. The van der Waals surface area contributed by atoms with Gasteiger partial charge in [0.1, 0.15) is 11.6 Å². The number of benzene rings is 1. The minimum atomic E-state index is -0.721. The number of rotatable bonds is 11. The van der Waals surface area contributed by atoms with Crippen LogP contribution in [0, 0.1) is 11.2 Å². The van der Waals surface area contributed by atoms with Crippen molar-refractivity contribution >= 4 is 11.7 Å². The van der Waals surface area contributed by atoms with Gasteiger partial charge in [-0.05, 0) is 74.3 Å². The largest absolute Gasteiger partial charge is 0.352 e. The molecule has 1 aromatic carbocycles. The molecule has 1 aliphatic rings. The normalized spacial score (nSPS) is 16.8. The summed E-state index contributed by atoms with van der Waals surface area (Å²) >= 11 is 0. The van der Waals surface area contributed by atoms with Crippen LogP contribution in [0.3, 0.4) is 0 Å². The van der Waals surface area contributed by atoms with E-state index in [1.165, 1.54) is 55.4 Å². The van der Waals surface area contributed by atoms with Crippen LogP contribution in [0.15, 0.2) is 47.1 Å². The molecule has 1 N–H and O–H groups in total. The fraction of sp³-hybridized carbons (Fsp3) is 0.552. The number of carbonyl (C=O) groups is 1. The smallest absolute Gasteiger partial charge is 0.251 e. The van der Waals surface area contributed by atoms with Crippen molar-refractivity contribution in [1.82, 2.24) is 5.32 Å². The summed E-state index contributed by atoms with van der Waals surface area (Å²) in [4.78, 5) is 12.3. The highest BCUT2D eigenvalue weighted by Crippen LogP contribution is 2.41. The van der Waals surface area contributed by atoms with Crippen LogP contribution in [-0.2, 0) is 0 Å². The highest BCUT2D eigenvalue weighted by Gasteiger charge is 2.26. The summed E-state index contributed by atoms with van der Waals surface area (Å²) in [5, 5.41) is 2.83. The van der Waals surface area contributed by atoms with Gasteiger partial charge in [0.15, 0.2) is 0 Å². The van der Waals surface area contributed by atoms with E-state index >= 15 is 4.39 Å². The molecule has 2 nitrogen and oxygen atoms in total. The Labute approximate surface area is 199 Å². The van der Waals surface area contributed by atoms with Crippen LogP contribution >= 0.6 is 0 Å². The molecular formula is C29H41F2NO. The molecule has 4 heteroatoms. The van der Waals surface area contributed by atoms with Gasteiger partial charge in [0.2, 0.25) is 0 Å². The maximum absolute atomic E-state index is 15.0. The molecule has 0 bridgehead atoms. The second-order valence-electron chi connectivity index (χ2n) is 9.98. The van der Waals surface area contributed by atoms with Gasteiger partial charge in [0, 0.05) is 17.7 Å². The summed E-state index contributed by atoms with van der Waals surface area (Å²) in [6.45, 7) is 10.9. The first-order chi connectivity index (χ1) is 15.7. The number of hydrogen-bond donors (Lipinski definition) is 1. The monoisotopic (exact) mass is 457 g/mol. The number of hydrogen-bond acceptors (Lipinski definition) is 1. The van der Waals surface area contributed by atoms with Gasteiger partial charge in [0.05, 0.1) is 0 Å². The third kappa shape index (κ3) is 7.94. The highest BCUT2D eigenvalue weighted by atomic mass is 19.1. The summed E-state index contributed by atoms with van der Waals surface area (Å²) in [5.41, 5.74) is 3.10. The van der Waals surface area contributed by atoms with E-state index in [0.717, 1.165) is 31.7 Å². The quantitative estimate of drug-likeness (QED) is 0.261. The Balaban J connectivity index is 2.02. The Hall–Kier alpha value is -2.23. The van der Waals surface area contributed by atoms with E-state index in [1.54, 1.807) is 13.0 Å². The molecule has 1 amide bonds. The van der Waals surface area contributed by atoms with Gasteiger partial charge in [-0.3, -0.25) is 4.79 Å². The van der Waals surface area contributed by atoms with E-state index in [0.29, 0.717) is 12.1 Å². The van der Waals surface area contributed by atoms with Crippen molar-refractivity contribution in [1.29, 1.82) is 0 Å². The van der Waals surface area contributed by atoms with Crippen molar-refractivity contribution in [3.05, 3.63) is 64.0 Å². The first kappa shape index (κ1) is 27.0. The van der Waals surface area contributed by atoms with Crippen molar-refractivity contribution in [2.75, 3.05) is 6.54 Å². The minimum absolute atomic E-state index is 0.0609. The predicted molar refractivity (Wildman–Crippen MR) is 135 cm³/mol. The molecule has 0 unspecified atom stereocenters. The van der Waals surface area contributed by atoms with Gasteiger partial charge in [-0.1, -0.05) is 70.6 Å². The molecular weight excluding hydrogens is 416 g/mol. The van der Waals surface area contributed by atoms with Crippen molar-refractivity contribution in [3.8, 4) is 0 Å². The lowest BCUT2D eigenvalue weighted by Gasteiger charge is -2.33.